The molecule has 1 amide bonds. The molecule has 0 spiro atoms. The molecule has 0 heterocycles. The van der Waals surface area contributed by atoms with E-state index in [1.807, 2.05) is 6.07 Å². The van der Waals surface area contributed by atoms with Crippen LogP contribution in [0.4, 0.5) is 5.69 Å². The average Bonchev–Trinajstić information content (AvgIpc) is 2.61. The van der Waals surface area contributed by atoms with E-state index in [4.69, 9.17) is 33.2 Å². The van der Waals surface area contributed by atoms with Crippen molar-refractivity contribution in [1.82, 2.24) is 0 Å². The van der Waals surface area contributed by atoms with Gasteiger partial charge in [-0.15, -0.1) is 0 Å². The quantitative estimate of drug-likeness (QED) is 0.605. The number of rotatable bonds is 5. The number of carbonyl (C=O) groups is 2. The maximum atomic E-state index is 12.1. The molecule has 0 saturated heterocycles. The normalized spacial score (nSPS) is 11.6. The van der Waals surface area contributed by atoms with Gasteiger partial charge in [0, 0.05) is 21.8 Å². The molecule has 0 saturated carbocycles. The molecule has 0 aliphatic heterocycles. The van der Waals surface area contributed by atoms with Gasteiger partial charge >= 0.3 is 5.97 Å². The summed E-state index contributed by atoms with van der Waals surface area (Å²) in [6.07, 6.45) is 1.63. The number of ether oxygens (including phenoxy) is 1. The minimum Gasteiger partial charge on any atom is -0.449 e. The molecule has 5 nitrogen and oxygen atoms in total. The van der Waals surface area contributed by atoms with Crippen LogP contribution >= 0.6 is 23.2 Å². The van der Waals surface area contributed by atoms with Crippen molar-refractivity contribution in [2.75, 3.05) is 5.32 Å². The number of halogens is 2. The monoisotopic (exact) mass is 388 g/mol. The molecule has 0 aliphatic rings. The fourth-order valence-electron chi connectivity index (χ4n) is 1.97. The first-order chi connectivity index (χ1) is 12.4. The van der Waals surface area contributed by atoms with Crippen molar-refractivity contribution in [3.63, 3.8) is 0 Å². The maximum absolute atomic E-state index is 12.1. The molecule has 0 bridgehead atoms. The second kappa shape index (κ2) is 9.04. The lowest BCUT2D eigenvalue weighted by Crippen LogP contribution is -2.29. The highest BCUT2D eigenvalue weighted by atomic mass is 35.5. The highest BCUT2D eigenvalue weighted by Crippen LogP contribution is 2.22. The van der Waals surface area contributed by atoms with Gasteiger partial charge in [0.05, 0.1) is 11.6 Å². The Morgan fingerprint density at radius 3 is 2.69 bits per heavy atom. The molecule has 1 N–H and O–H groups in total. The third-order valence-corrected chi connectivity index (χ3v) is 3.85. The van der Waals surface area contributed by atoms with E-state index in [2.05, 4.69) is 5.32 Å². The number of nitrogens with zero attached hydrogens (tertiary/aromatic N) is 1. The van der Waals surface area contributed by atoms with Gasteiger partial charge < -0.3 is 10.1 Å². The van der Waals surface area contributed by atoms with E-state index >= 15 is 0 Å². The van der Waals surface area contributed by atoms with Crippen LogP contribution in [0.5, 0.6) is 0 Å². The number of amides is 1. The van der Waals surface area contributed by atoms with Crippen LogP contribution in [0.2, 0.25) is 10.0 Å². The van der Waals surface area contributed by atoms with Crippen molar-refractivity contribution in [3.8, 4) is 6.07 Å². The Balaban J connectivity index is 1.94. The molecule has 0 aliphatic carbocycles. The van der Waals surface area contributed by atoms with Crippen LogP contribution in [-0.2, 0) is 14.3 Å². The Bertz CT molecular complexity index is 904. The van der Waals surface area contributed by atoms with Gasteiger partial charge in [-0.05, 0) is 48.9 Å². The summed E-state index contributed by atoms with van der Waals surface area (Å²) >= 11 is 11.8. The molecular formula is C19H14Cl2N2O3. The molecule has 132 valence electrons. The fourth-order valence-corrected chi connectivity index (χ4v) is 2.44. The van der Waals surface area contributed by atoms with Gasteiger partial charge in [0.1, 0.15) is 0 Å². The van der Waals surface area contributed by atoms with Crippen molar-refractivity contribution >= 4 is 46.8 Å². The molecule has 2 rings (SSSR count). The fraction of sp³-hybridized carbons (Fsp3) is 0.105. The topological polar surface area (TPSA) is 79.2 Å². The summed E-state index contributed by atoms with van der Waals surface area (Å²) in [7, 11) is 0. The molecule has 0 fully saturated rings. The molecular weight excluding hydrogens is 375 g/mol. The summed E-state index contributed by atoms with van der Waals surface area (Å²) in [5.41, 5.74) is 1.45. The lowest BCUT2D eigenvalue weighted by Gasteiger charge is -2.12. The zero-order chi connectivity index (χ0) is 19.1. The third kappa shape index (κ3) is 5.62. The number of benzene rings is 2. The number of nitrogens with one attached hydrogen (secondary N) is 1. The van der Waals surface area contributed by atoms with E-state index in [9.17, 15) is 9.59 Å². The Morgan fingerprint density at radius 1 is 1.23 bits per heavy atom. The highest BCUT2D eigenvalue weighted by molar-refractivity contribution is 6.35. The largest absolute Gasteiger partial charge is 0.449 e. The van der Waals surface area contributed by atoms with E-state index in [0.29, 0.717) is 26.9 Å². The van der Waals surface area contributed by atoms with Crippen LogP contribution < -0.4 is 5.32 Å². The number of carbonyl (C=O) groups excluding carboxylic acids is 2. The van der Waals surface area contributed by atoms with Crippen molar-refractivity contribution in [2.45, 2.75) is 13.0 Å². The van der Waals surface area contributed by atoms with Crippen LogP contribution in [0.15, 0.2) is 48.5 Å². The van der Waals surface area contributed by atoms with Gasteiger partial charge in [0.25, 0.3) is 5.91 Å². The first kappa shape index (κ1) is 19.5. The zero-order valence-electron chi connectivity index (χ0n) is 13.7. The minimum absolute atomic E-state index is 0.393. The Kier molecular flexibility index (Phi) is 6.79. The predicted octanol–water partition coefficient (Wildman–Crippen LogP) is 4.45. The van der Waals surface area contributed by atoms with Gasteiger partial charge in [-0.25, -0.2) is 4.79 Å². The summed E-state index contributed by atoms with van der Waals surface area (Å²) in [6.45, 7) is 1.45. The summed E-state index contributed by atoms with van der Waals surface area (Å²) in [4.78, 5) is 23.9. The molecule has 2 aromatic rings. The average molecular weight is 389 g/mol. The van der Waals surface area contributed by atoms with Crippen molar-refractivity contribution in [2.24, 2.45) is 0 Å². The molecule has 0 radical (unpaired) electrons. The first-order valence-electron chi connectivity index (χ1n) is 7.54. The lowest BCUT2D eigenvalue weighted by atomic mass is 10.2. The molecule has 0 aromatic heterocycles. The van der Waals surface area contributed by atoms with E-state index in [-0.39, 0.29) is 0 Å². The molecule has 26 heavy (non-hydrogen) atoms. The summed E-state index contributed by atoms with van der Waals surface area (Å²) in [6, 6.07) is 13.3. The molecule has 1 atom stereocenters. The van der Waals surface area contributed by atoms with Crippen LogP contribution in [0.1, 0.15) is 18.1 Å². The first-order valence-corrected chi connectivity index (χ1v) is 8.29. The summed E-state index contributed by atoms with van der Waals surface area (Å²) in [5.74, 6) is -1.20. The number of esters is 1. The lowest BCUT2D eigenvalue weighted by molar-refractivity contribution is -0.148. The van der Waals surface area contributed by atoms with Gasteiger partial charge in [-0.2, -0.15) is 5.26 Å². The van der Waals surface area contributed by atoms with Gasteiger partial charge in [-0.1, -0.05) is 35.3 Å². The van der Waals surface area contributed by atoms with Crippen LogP contribution in [-0.4, -0.2) is 18.0 Å². The summed E-state index contributed by atoms with van der Waals surface area (Å²) < 4.78 is 5.05. The van der Waals surface area contributed by atoms with E-state index in [1.54, 1.807) is 36.4 Å². The minimum atomic E-state index is -1.02. The third-order valence-electron chi connectivity index (χ3n) is 3.28. The van der Waals surface area contributed by atoms with Gasteiger partial charge in [0.15, 0.2) is 6.10 Å². The Hall–Kier alpha value is -2.81. The van der Waals surface area contributed by atoms with E-state index in [1.165, 1.54) is 25.1 Å². The molecule has 7 heteroatoms. The van der Waals surface area contributed by atoms with Crippen molar-refractivity contribution in [1.29, 1.82) is 5.26 Å². The SMILES string of the molecule is C[C@H](OC(=O)/C=C/c1ccc(Cl)cc1Cl)C(=O)Nc1cccc(C#N)c1. The van der Waals surface area contributed by atoms with E-state index in [0.717, 1.165) is 0 Å². The van der Waals surface area contributed by atoms with Crippen LogP contribution in [0.3, 0.4) is 0 Å². The molecule has 0 unspecified atom stereocenters. The number of hydrogen-bond donors (Lipinski definition) is 1. The van der Waals surface area contributed by atoms with E-state index < -0.39 is 18.0 Å². The highest BCUT2D eigenvalue weighted by Gasteiger charge is 2.16. The Labute approximate surface area is 160 Å². The van der Waals surface area contributed by atoms with Gasteiger partial charge in [-0.3, -0.25) is 4.79 Å². The summed E-state index contributed by atoms with van der Waals surface area (Å²) in [5, 5.41) is 12.3. The number of nitriles is 1. The standard InChI is InChI=1S/C19H14Cl2N2O3/c1-12(19(25)23-16-4-2-3-13(9-16)11-22)26-18(24)8-6-14-5-7-15(20)10-17(14)21/h2-10,12H,1H3,(H,23,25)/b8-6+/t12-/m0/s1. The predicted molar refractivity (Wildman–Crippen MR) is 101 cm³/mol. The van der Waals surface area contributed by atoms with Crippen LogP contribution in [0, 0.1) is 11.3 Å². The smallest absolute Gasteiger partial charge is 0.331 e. The number of anilines is 1. The van der Waals surface area contributed by atoms with Crippen molar-refractivity contribution < 1.29 is 14.3 Å². The zero-order valence-corrected chi connectivity index (χ0v) is 15.2. The number of hydrogen-bond acceptors (Lipinski definition) is 4. The second-order valence-corrected chi connectivity index (χ2v) is 6.10. The van der Waals surface area contributed by atoms with Crippen LogP contribution in [0.25, 0.3) is 6.08 Å². The molecule has 2 aromatic carbocycles. The second-order valence-electron chi connectivity index (χ2n) is 5.26. The van der Waals surface area contributed by atoms with Crippen molar-refractivity contribution in [3.05, 3.63) is 69.7 Å². The Morgan fingerprint density at radius 2 is 2.00 bits per heavy atom. The van der Waals surface area contributed by atoms with Gasteiger partial charge in [0.2, 0.25) is 0 Å². The maximum Gasteiger partial charge on any atom is 0.331 e.